The van der Waals surface area contributed by atoms with Gasteiger partial charge in [-0.15, -0.1) is 0 Å². The van der Waals surface area contributed by atoms with Crippen LogP contribution < -0.4 is 9.44 Å². The zero-order valence-electron chi connectivity index (χ0n) is 13.3. The fourth-order valence-electron chi connectivity index (χ4n) is 1.89. The maximum Gasteiger partial charge on any atom is 0.303 e. The first-order valence-corrected chi connectivity index (χ1v) is 10.1. The molecule has 0 saturated heterocycles. The number of aliphatic carboxylic acids is 1. The summed E-state index contributed by atoms with van der Waals surface area (Å²) in [5, 5.41) is 8.67. The van der Waals surface area contributed by atoms with Crippen molar-refractivity contribution >= 4 is 31.7 Å². The largest absolute Gasteiger partial charge is 0.481 e. The normalized spacial score (nSPS) is 12.8. The molecule has 0 aliphatic rings. The van der Waals surface area contributed by atoms with Crippen LogP contribution >= 0.6 is 0 Å². The molecule has 0 aromatic heterocycles. The summed E-state index contributed by atoms with van der Waals surface area (Å²) >= 11 is 0. The predicted octanol–water partition coefficient (Wildman–Crippen LogP) is 1.12. The van der Waals surface area contributed by atoms with Gasteiger partial charge in [0.25, 0.3) is 0 Å². The molecule has 0 amide bonds. The Morgan fingerprint density at radius 1 is 1.25 bits per heavy atom. The Labute approximate surface area is 140 Å². The van der Waals surface area contributed by atoms with Crippen molar-refractivity contribution in [3.8, 4) is 0 Å². The van der Waals surface area contributed by atoms with Gasteiger partial charge in [-0.2, -0.15) is 0 Å². The second-order valence-corrected chi connectivity index (χ2v) is 9.30. The Kier molecular flexibility index (Phi) is 5.95. The zero-order valence-corrected chi connectivity index (χ0v) is 15.0. The van der Waals surface area contributed by atoms with E-state index < -0.39 is 42.3 Å². The fourth-order valence-corrected chi connectivity index (χ4v) is 3.94. The van der Waals surface area contributed by atoms with E-state index in [1.807, 2.05) is 4.72 Å². The zero-order chi connectivity index (χ0) is 18.8. The van der Waals surface area contributed by atoms with Crippen molar-refractivity contribution in [2.75, 3.05) is 11.0 Å². The van der Waals surface area contributed by atoms with E-state index in [1.165, 1.54) is 13.8 Å². The van der Waals surface area contributed by atoms with E-state index in [9.17, 15) is 26.0 Å². The number of benzene rings is 1. The molecule has 0 aliphatic heterocycles. The molecule has 11 heteroatoms. The highest BCUT2D eigenvalue weighted by atomic mass is 32.2. The van der Waals surface area contributed by atoms with Crippen LogP contribution in [0, 0.1) is 5.82 Å². The van der Waals surface area contributed by atoms with E-state index in [0.29, 0.717) is 0 Å². The third-order valence-electron chi connectivity index (χ3n) is 2.90. The Hall–Kier alpha value is -1.72. The van der Waals surface area contributed by atoms with Gasteiger partial charge in [0.15, 0.2) is 0 Å². The highest BCUT2D eigenvalue weighted by Gasteiger charge is 2.29. The Bertz CT molecular complexity index is 834. The van der Waals surface area contributed by atoms with Crippen molar-refractivity contribution in [3.05, 3.63) is 24.0 Å². The van der Waals surface area contributed by atoms with Crippen LogP contribution in [0.15, 0.2) is 23.1 Å². The molecule has 1 aromatic rings. The number of carboxylic acid groups (broad SMARTS) is 1. The van der Waals surface area contributed by atoms with Gasteiger partial charge in [-0.25, -0.2) is 25.9 Å². The van der Waals surface area contributed by atoms with E-state index in [1.54, 1.807) is 0 Å². The quantitative estimate of drug-likeness (QED) is 0.618. The molecule has 0 aliphatic carbocycles. The Morgan fingerprint density at radius 2 is 1.83 bits per heavy atom. The minimum Gasteiger partial charge on any atom is -0.481 e. The lowest BCUT2D eigenvalue weighted by Gasteiger charge is -2.25. The smallest absolute Gasteiger partial charge is 0.303 e. The Morgan fingerprint density at radius 3 is 2.29 bits per heavy atom. The first-order chi connectivity index (χ1) is 10.7. The van der Waals surface area contributed by atoms with Gasteiger partial charge in [0.05, 0.1) is 11.9 Å². The van der Waals surface area contributed by atoms with Gasteiger partial charge < -0.3 is 5.11 Å². The number of halogens is 1. The van der Waals surface area contributed by atoms with Crippen LogP contribution in [0.3, 0.4) is 0 Å². The molecule has 0 atom stereocenters. The molecule has 0 heterocycles. The summed E-state index contributed by atoms with van der Waals surface area (Å²) in [7, 11) is -7.88. The molecule has 1 rings (SSSR count). The van der Waals surface area contributed by atoms with Crippen molar-refractivity contribution in [1.29, 1.82) is 0 Å². The molecule has 0 unspecified atom stereocenters. The minimum absolute atomic E-state index is 0.0108. The number of sulfonamides is 2. The lowest BCUT2D eigenvalue weighted by molar-refractivity contribution is -0.137. The summed E-state index contributed by atoms with van der Waals surface area (Å²) in [6.45, 7) is 2.95. The summed E-state index contributed by atoms with van der Waals surface area (Å²) in [4.78, 5) is 9.93. The highest BCUT2D eigenvalue weighted by Crippen LogP contribution is 2.22. The molecule has 0 spiro atoms. The van der Waals surface area contributed by atoms with Gasteiger partial charge >= 0.3 is 5.97 Å². The van der Waals surface area contributed by atoms with E-state index in [2.05, 4.69) is 4.72 Å². The lowest BCUT2D eigenvalue weighted by Crippen LogP contribution is -2.43. The average Bonchev–Trinajstić information content (AvgIpc) is 2.32. The van der Waals surface area contributed by atoms with Gasteiger partial charge in [-0.3, -0.25) is 9.52 Å². The number of anilines is 1. The topological polar surface area (TPSA) is 130 Å². The lowest BCUT2D eigenvalue weighted by atomic mass is 10.0. The fraction of sp³-hybridized carbons (Fsp3) is 0.462. The first-order valence-electron chi connectivity index (χ1n) is 6.75. The molecule has 0 saturated carbocycles. The SMILES string of the molecule is CC(C)(CCC(=O)O)NS(=O)(=O)c1ccc(NS(C)(=O)=O)cc1F. The van der Waals surface area contributed by atoms with Crippen LogP contribution in [0.25, 0.3) is 0 Å². The van der Waals surface area contributed by atoms with Crippen LogP contribution in [0.5, 0.6) is 0 Å². The number of hydrogen-bond donors (Lipinski definition) is 3. The van der Waals surface area contributed by atoms with E-state index >= 15 is 0 Å². The standard InChI is InChI=1S/C13H19FN2O6S2/c1-13(2,7-6-12(17)18)16-24(21,22)11-5-4-9(8-10(11)14)15-23(3,19)20/h4-5,8,15-16H,6-7H2,1-3H3,(H,17,18). The second kappa shape index (κ2) is 7.03. The molecule has 1 aromatic carbocycles. The summed E-state index contributed by atoms with van der Waals surface area (Å²) in [6, 6.07) is 2.79. The summed E-state index contributed by atoms with van der Waals surface area (Å²) in [5.41, 5.74) is -1.22. The van der Waals surface area contributed by atoms with Crippen molar-refractivity contribution < 1.29 is 31.1 Å². The first kappa shape index (κ1) is 20.3. The second-order valence-electron chi connectivity index (χ2n) is 5.90. The van der Waals surface area contributed by atoms with E-state index in [4.69, 9.17) is 5.11 Å². The Balaban J connectivity index is 3.04. The van der Waals surface area contributed by atoms with Crippen LogP contribution in [0.2, 0.25) is 0 Å². The number of carbonyl (C=O) groups is 1. The van der Waals surface area contributed by atoms with Crippen molar-refractivity contribution in [1.82, 2.24) is 4.72 Å². The monoisotopic (exact) mass is 382 g/mol. The molecule has 0 fully saturated rings. The van der Waals surface area contributed by atoms with Crippen molar-refractivity contribution in [2.24, 2.45) is 0 Å². The van der Waals surface area contributed by atoms with Gasteiger partial charge in [-0.05, 0) is 38.5 Å². The molecule has 0 radical (unpaired) electrons. The molecule has 3 N–H and O–H groups in total. The number of rotatable bonds is 8. The maximum atomic E-state index is 14.1. The number of carboxylic acids is 1. The third kappa shape index (κ3) is 6.42. The highest BCUT2D eigenvalue weighted by molar-refractivity contribution is 7.92. The molecule has 136 valence electrons. The van der Waals surface area contributed by atoms with Gasteiger partial charge in [0, 0.05) is 12.0 Å². The summed E-state index contributed by atoms with van der Waals surface area (Å²) < 4.78 is 65.1. The average molecular weight is 382 g/mol. The molecule has 8 nitrogen and oxygen atoms in total. The maximum absolute atomic E-state index is 14.1. The molecular weight excluding hydrogens is 363 g/mol. The van der Waals surface area contributed by atoms with E-state index in [0.717, 1.165) is 24.5 Å². The van der Waals surface area contributed by atoms with Gasteiger partial charge in [-0.1, -0.05) is 0 Å². The van der Waals surface area contributed by atoms with Crippen molar-refractivity contribution in [3.63, 3.8) is 0 Å². The third-order valence-corrected chi connectivity index (χ3v) is 5.24. The number of hydrogen-bond acceptors (Lipinski definition) is 5. The summed E-state index contributed by atoms with van der Waals surface area (Å²) in [5.74, 6) is -2.21. The predicted molar refractivity (Wildman–Crippen MR) is 86.1 cm³/mol. The van der Waals surface area contributed by atoms with E-state index in [-0.39, 0.29) is 18.5 Å². The van der Waals surface area contributed by atoms with Crippen LogP contribution in [-0.4, -0.2) is 39.7 Å². The molecular formula is C13H19FN2O6S2. The van der Waals surface area contributed by atoms with Gasteiger partial charge in [0.1, 0.15) is 10.7 Å². The van der Waals surface area contributed by atoms with Crippen LogP contribution in [-0.2, 0) is 24.8 Å². The summed E-state index contributed by atoms with van der Waals surface area (Å²) in [6.07, 6.45) is 0.633. The van der Waals surface area contributed by atoms with Crippen LogP contribution in [0.1, 0.15) is 26.7 Å². The van der Waals surface area contributed by atoms with Crippen LogP contribution in [0.4, 0.5) is 10.1 Å². The number of nitrogens with one attached hydrogen (secondary N) is 2. The minimum atomic E-state index is -4.25. The molecule has 24 heavy (non-hydrogen) atoms. The molecule has 0 bridgehead atoms. The van der Waals surface area contributed by atoms with Gasteiger partial charge in [0.2, 0.25) is 20.0 Å². The van der Waals surface area contributed by atoms with Crippen molar-refractivity contribution in [2.45, 2.75) is 37.1 Å².